The molecule has 0 aliphatic carbocycles. The predicted molar refractivity (Wildman–Crippen MR) is 130 cm³/mol. The van der Waals surface area contributed by atoms with Gasteiger partial charge in [0, 0.05) is 17.7 Å². The van der Waals surface area contributed by atoms with Crippen molar-refractivity contribution in [3.63, 3.8) is 0 Å². The van der Waals surface area contributed by atoms with Crippen LogP contribution >= 0.6 is 0 Å². The van der Waals surface area contributed by atoms with Crippen LogP contribution in [0.25, 0.3) is 12.2 Å². The van der Waals surface area contributed by atoms with Crippen molar-refractivity contribution in [3.05, 3.63) is 102 Å². The molecule has 3 aromatic carbocycles. The molecule has 1 heterocycles. The number of ether oxygens (including phenoxy) is 2. The van der Waals surface area contributed by atoms with Crippen molar-refractivity contribution in [2.45, 2.75) is 0 Å². The Morgan fingerprint density at radius 1 is 0.914 bits per heavy atom. The van der Waals surface area contributed by atoms with Gasteiger partial charge in [-0.15, -0.1) is 0 Å². The quantitative estimate of drug-likeness (QED) is 0.254. The van der Waals surface area contributed by atoms with Gasteiger partial charge >= 0.3 is 12.0 Å². The fraction of sp³-hybridized carbons (Fsp3) is 0.0370. The van der Waals surface area contributed by atoms with Crippen LogP contribution in [0.4, 0.5) is 10.5 Å². The second-order valence-corrected chi connectivity index (χ2v) is 7.36. The van der Waals surface area contributed by atoms with E-state index in [1.54, 1.807) is 42.5 Å². The first-order valence-electron chi connectivity index (χ1n) is 10.6. The number of urea groups is 1. The van der Waals surface area contributed by atoms with Crippen molar-refractivity contribution in [2.75, 3.05) is 12.0 Å². The molecule has 1 N–H and O–H groups in total. The summed E-state index contributed by atoms with van der Waals surface area (Å²) in [5.74, 6) is -1.73. The van der Waals surface area contributed by atoms with E-state index in [0.717, 1.165) is 10.5 Å². The van der Waals surface area contributed by atoms with Crippen molar-refractivity contribution in [3.8, 4) is 11.5 Å². The number of esters is 1. The molecule has 3 aromatic rings. The summed E-state index contributed by atoms with van der Waals surface area (Å²) in [6.45, 7) is 0. The minimum Gasteiger partial charge on any atom is -0.497 e. The summed E-state index contributed by atoms with van der Waals surface area (Å²) in [4.78, 5) is 51.3. The average molecular weight is 468 g/mol. The van der Waals surface area contributed by atoms with Crippen LogP contribution in [0.15, 0.2) is 90.5 Å². The molecule has 1 saturated heterocycles. The van der Waals surface area contributed by atoms with Gasteiger partial charge in [0.15, 0.2) is 0 Å². The van der Waals surface area contributed by atoms with E-state index in [1.807, 2.05) is 30.3 Å². The molecule has 4 rings (SSSR count). The topological polar surface area (TPSA) is 102 Å². The Kier molecular flexibility index (Phi) is 6.83. The number of barbiturate groups is 1. The van der Waals surface area contributed by atoms with Crippen LogP contribution < -0.4 is 19.7 Å². The molecule has 0 aromatic heterocycles. The van der Waals surface area contributed by atoms with Gasteiger partial charge in [0.1, 0.15) is 17.1 Å². The monoisotopic (exact) mass is 468 g/mol. The zero-order chi connectivity index (χ0) is 24.8. The highest BCUT2D eigenvalue weighted by Crippen LogP contribution is 2.27. The van der Waals surface area contributed by atoms with Gasteiger partial charge in [-0.1, -0.05) is 54.6 Å². The summed E-state index contributed by atoms with van der Waals surface area (Å²) in [5, 5.41) is 2.16. The number of rotatable bonds is 6. The van der Waals surface area contributed by atoms with E-state index in [1.165, 1.54) is 31.4 Å². The molecule has 8 heteroatoms. The van der Waals surface area contributed by atoms with Gasteiger partial charge in [-0.05, 0) is 35.9 Å². The zero-order valence-corrected chi connectivity index (χ0v) is 18.6. The molecule has 0 radical (unpaired) electrons. The van der Waals surface area contributed by atoms with E-state index in [4.69, 9.17) is 9.47 Å². The Labute approximate surface area is 201 Å². The lowest BCUT2D eigenvalue weighted by molar-refractivity contribution is -0.129. The van der Waals surface area contributed by atoms with E-state index >= 15 is 0 Å². The molecule has 0 saturated carbocycles. The van der Waals surface area contributed by atoms with Gasteiger partial charge in [-0.2, -0.15) is 0 Å². The molecule has 35 heavy (non-hydrogen) atoms. The number of nitrogens with one attached hydrogen (secondary N) is 1. The smallest absolute Gasteiger partial charge is 0.336 e. The molecule has 0 atom stereocenters. The summed E-state index contributed by atoms with van der Waals surface area (Å²) in [5.41, 5.74) is 1.07. The van der Waals surface area contributed by atoms with Crippen molar-refractivity contribution in [1.29, 1.82) is 0 Å². The van der Waals surface area contributed by atoms with Gasteiger partial charge in [0.2, 0.25) is 0 Å². The van der Waals surface area contributed by atoms with E-state index in [9.17, 15) is 19.2 Å². The molecule has 0 bridgehead atoms. The summed E-state index contributed by atoms with van der Waals surface area (Å²) < 4.78 is 10.6. The van der Waals surface area contributed by atoms with Crippen LogP contribution in [-0.2, 0) is 14.4 Å². The summed E-state index contributed by atoms with van der Waals surface area (Å²) in [6, 6.07) is 21.1. The molecule has 174 valence electrons. The molecular weight excluding hydrogens is 448 g/mol. The Bertz CT molecular complexity index is 1360. The summed E-state index contributed by atoms with van der Waals surface area (Å²) in [6.07, 6.45) is 4.17. The number of anilines is 1. The Hall–Kier alpha value is -4.98. The lowest BCUT2D eigenvalue weighted by Gasteiger charge is -2.26. The van der Waals surface area contributed by atoms with Gasteiger partial charge in [-0.3, -0.25) is 14.9 Å². The van der Waals surface area contributed by atoms with Crippen LogP contribution in [-0.4, -0.2) is 30.9 Å². The number of methoxy groups -OCH3 is 1. The molecule has 4 amide bonds. The first-order chi connectivity index (χ1) is 17.0. The van der Waals surface area contributed by atoms with Gasteiger partial charge < -0.3 is 9.47 Å². The van der Waals surface area contributed by atoms with Crippen molar-refractivity contribution >= 4 is 41.7 Å². The number of nitrogens with zero attached hydrogens (tertiary/aromatic N) is 1. The average Bonchev–Trinajstić information content (AvgIpc) is 2.87. The maximum atomic E-state index is 13.2. The van der Waals surface area contributed by atoms with E-state index in [0.29, 0.717) is 11.3 Å². The highest BCUT2D eigenvalue weighted by molar-refractivity contribution is 6.39. The highest BCUT2D eigenvalue weighted by atomic mass is 16.5. The van der Waals surface area contributed by atoms with Gasteiger partial charge in [0.25, 0.3) is 11.8 Å². The van der Waals surface area contributed by atoms with Crippen molar-refractivity contribution in [1.82, 2.24) is 5.32 Å². The van der Waals surface area contributed by atoms with Gasteiger partial charge in [-0.25, -0.2) is 14.5 Å². The first-order valence-corrected chi connectivity index (χ1v) is 10.6. The second kappa shape index (κ2) is 10.3. The minimum absolute atomic E-state index is 0.146. The number of hydrogen-bond acceptors (Lipinski definition) is 6. The van der Waals surface area contributed by atoms with Crippen LogP contribution in [0.3, 0.4) is 0 Å². The third-order valence-electron chi connectivity index (χ3n) is 5.05. The Balaban J connectivity index is 1.61. The fourth-order valence-electron chi connectivity index (χ4n) is 3.36. The van der Waals surface area contributed by atoms with E-state index in [2.05, 4.69) is 5.32 Å². The SMILES string of the molecule is COc1cccc(N2C(=O)NC(=O)/C(=C/c3ccccc3OC(=O)/C=C/c3ccccc3)C2=O)c1. The maximum absolute atomic E-state index is 13.2. The number of imide groups is 2. The largest absolute Gasteiger partial charge is 0.497 e. The first kappa shape index (κ1) is 23.2. The number of carbonyl (C=O) groups is 4. The number of benzene rings is 3. The number of hydrogen-bond donors (Lipinski definition) is 1. The molecule has 1 aliphatic rings. The normalized spacial score (nSPS) is 14.8. The third-order valence-corrected chi connectivity index (χ3v) is 5.05. The Morgan fingerprint density at radius 2 is 1.66 bits per heavy atom. The number of amides is 4. The van der Waals surface area contributed by atoms with Crippen LogP contribution in [0.5, 0.6) is 11.5 Å². The third kappa shape index (κ3) is 5.33. The maximum Gasteiger partial charge on any atom is 0.336 e. The molecule has 1 aliphatic heterocycles. The fourth-order valence-corrected chi connectivity index (χ4v) is 3.36. The molecule has 1 fully saturated rings. The van der Waals surface area contributed by atoms with E-state index in [-0.39, 0.29) is 17.0 Å². The summed E-state index contributed by atoms with van der Waals surface area (Å²) >= 11 is 0. The molecular formula is C27H20N2O6. The molecule has 0 spiro atoms. The standard InChI is InChI=1S/C27H20N2O6/c1-34-21-12-7-11-20(17-21)29-26(32)22(25(31)28-27(29)33)16-19-10-5-6-13-23(19)35-24(30)15-14-18-8-3-2-4-9-18/h2-17H,1H3,(H,28,31,33)/b15-14+,22-16-. The second-order valence-electron chi connectivity index (χ2n) is 7.36. The van der Waals surface area contributed by atoms with Crippen LogP contribution in [0.2, 0.25) is 0 Å². The lowest BCUT2D eigenvalue weighted by atomic mass is 10.1. The van der Waals surface area contributed by atoms with E-state index < -0.39 is 23.8 Å². The minimum atomic E-state index is -0.879. The molecule has 8 nitrogen and oxygen atoms in total. The molecule has 0 unspecified atom stereocenters. The van der Waals surface area contributed by atoms with Crippen LogP contribution in [0, 0.1) is 0 Å². The predicted octanol–water partition coefficient (Wildman–Crippen LogP) is 3.98. The van der Waals surface area contributed by atoms with Crippen molar-refractivity contribution in [2.24, 2.45) is 0 Å². The van der Waals surface area contributed by atoms with Crippen molar-refractivity contribution < 1.29 is 28.7 Å². The number of carbonyl (C=O) groups excluding carboxylic acids is 4. The lowest BCUT2D eigenvalue weighted by Crippen LogP contribution is -2.54. The summed E-state index contributed by atoms with van der Waals surface area (Å²) in [7, 11) is 1.46. The number of para-hydroxylation sites is 1. The zero-order valence-electron chi connectivity index (χ0n) is 18.6. The van der Waals surface area contributed by atoms with Gasteiger partial charge in [0.05, 0.1) is 12.8 Å². The van der Waals surface area contributed by atoms with Crippen LogP contribution in [0.1, 0.15) is 11.1 Å². The Morgan fingerprint density at radius 3 is 2.43 bits per heavy atom. The highest BCUT2D eigenvalue weighted by Gasteiger charge is 2.37.